The van der Waals surface area contributed by atoms with Gasteiger partial charge in [-0.3, -0.25) is 9.59 Å². The Morgan fingerprint density at radius 1 is 1.39 bits per heavy atom. The predicted molar refractivity (Wildman–Crippen MR) is 106 cm³/mol. The van der Waals surface area contributed by atoms with Gasteiger partial charge >= 0.3 is 5.97 Å². The third-order valence-corrected chi connectivity index (χ3v) is 5.10. The second-order valence-corrected chi connectivity index (χ2v) is 7.42. The summed E-state index contributed by atoms with van der Waals surface area (Å²) >= 11 is 1.37. The Balaban J connectivity index is 2.32. The van der Waals surface area contributed by atoms with Gasteiger partial charge in [-0.15, -0.1) is 11.8 Å². The fraction of sp³-hybridized carbons (Fsp3) is 0.333. The molecule has 28 heavy (non-hydrogen) atoms. The second kappa shape index (κ2) is 7.64. The largest absolute Gasteiger partial charge is 0.478 e. The smallest absolute Gasteiger partial charge is 0.335 e. The van der Waals surface area contributed by atoms with Crippen molar-refractivity contribution < 1.29 is 14.7 Å². The van der Waals surface area contributed by atoms with E-state index in [1.54, 1.807) is 44.2 Å². The van der Waals surface area contributed by atoms with E-state index in [1.807, 2.05) is 6.26 Å². The zero-order chi connectivity index (χ0) is 20.6. The molecule has 0 saturated carbocycles. The van der Waals surface area contributed by atoms with Crippen LogP contribution in [0, 0.1) is 0 Å². The van der Waals surface area contributed by atoms with Crippen molar-refractivity contribution in [3.63, 3.8) is 0 Å². The number of rotatable bonds is 5. The van der Waals surface area contributed by atoms with Crippen LogP contribution in [0.1, 0.15) is 23.3 Å². The summed E-state index contributed by atoms with van der Waals surface area (Å²) in [6, 6.07) is 3.90. The van der Waals surface area contributed by atoms with Gasteiger partial charge in [-0.1, -0.05) is 6.07 Å². The molecule has 10 heteroatoms. The topological polar surface area (TPSA) is 109 Å². The molecular formula is C18H21N5O4S. The number of fused-ring (bicyclic) bond motifs is 1. The van der Waals surface area contributed by atoms with E-state index in [0.29, 0.717) is 22.1 Å². The van der Waals surface area contributed by atoms with Crippen molar-refractivity contribution in [1.29, 1.82) is 0 Å². The van der Waals surface area contributed by atoms with Gasteiger partial charge in [0.15, 0.2) is 0 Å². The molecule has 0 fully saturated rings. The maximum atomic E-state index is 12.8. The number of allylic oxidation sites excluding steroid dienone is 1. The number of pyridine rings is 1. The monoisotopic (exact) mass is 403 g/mol. The molecule has 0 saturated heterocycles. The van der Waals surface area contributed by atoms with Crippen LogP contribution < -0.4 is 10.9 Å². The molecule has 0 aliphatic carbocycles. The van der Waals surface area contributed by atoms with E-state index in [4.69, 9.17) is 0 Å². The Kier molecular flexibility index (Phi) is 5.43. The highest BCUT2D eigenvalue weighted by molar-refractivity contribution is 7.98. The number of carbonyl (C=O) groups is 2. The fourth-order valence-electron chi connectivity index (χ4n) is 3.32. The first kappa shape index (κ1) is 19.9. The number of likely N-dealkylation sites (N-methyl/N-ethyl adjacent to an activating group) is 1. The Morgan fingerprint density at radius 2 is 2.11 bits per heavy atom. The SMILES string of the molecule is CSc1ncccc1C1C(C(=O)O)=C(C)Nc2cc(=O)n(C(=O)CN(C)C)n21. The number of aliphatic carboxylic acids is 1. The van der Waals surface area contributed by atoms with Gasteiger partial charge in [-0.05, 0) is 33.3 Å². The summed E-state index contributed by atoms with van der Waals surface area (Å²) in [6.07, 6.45) is 3.46. The van der Waals surface area contributed by atoms with Crippen LogP contribution in [0.2, 0.25) is 0 Å². The van der Waals surface area contributed by atoms with E-state index >= 15 is 0 Å². The van der Waals surface area contributed by atoms with Crippen molar-refractivity contribution in [3.8, 4) is 0 Å². The van der Waals surface area contributed by atoms with Crippen LogP contribution in [0.5, 0.6) is 0 Å². The van der Waals surface area contributed by atoms with Crippen molar-refractivity contribution >= 4 is 29.5 Å². The highest BCUT2D eigenvalue weighted by Gasteiger charge is 2.37. The summed E-state index contributed by atoms with van der Waals surface area (Å²) < 4.78 is 2.42. The molecule has 0 spiro atoms. The first-order valence-corrected chi connectivity index (χ1v) is 9.71. The Labute approximate surface area is 165 Å². The molecule has 2 aromatic rings. The predicted octanol–water partition coefficient (Wildman–Crippen LogP) is 1.34. The lowest BCUT2D eigenvalue weighted by Crippen LogP contribution is -2.40. The lowest BCUT2D eigenvalue weighted by atomic mass is 9.97. The molecule has 0 amide bonds. The number of thioether (sulfide) groups is 1. The summed E-state index contributed by atoms with van der Waals surface area (Å²) in [5.41, 5.74) is 0.549. The molecule has 1 atom stereocenters. The quantitative estimate of drug-likeness (QED) is 0.720. The molecule has 148 valence electrons. The van der Waals surface area contributed by atoms with Crippen LogP contribution in [0.4, 0.5) is 5.82 Å². The van der Waals surface area contributed by atoms with Gasteiger partial charge < -0.3 is 15.3 Å². The van der Waals surface area contributed by atoms with Gasteiger partial charge in [-0.2, -0.15) is 4.68 Å². The molecule has 2 N–H and O–H groups in total. The van der Waals surface area contributed by atoms with E-state index in [0.717, 1.165) is 4.68 Å². The van der Waals surface area contributed by atoms with E-state index in [1.165, 1.54) is 22.5 Å². The molecule has 2 aromatic heterocycles. The third-order valence-electron chi connectivity index (χ3n) is 4.38. The third kappa shape index (κ3) is 3.36. The van der Waals surface area contributed by atoms with Crippen LogP contribution in [-0.4, -0.2) is 63.1 Å². The van der Waals surface area contributed by atoms with E-state index in [2.05, 4.69) is 10.3 Å². The molecule has 0 radical (unpaired) electrons. The summed E-state index contributed by atoms with van der Waals surface area (Å²) in [5, 5.41) is 13.5. The number of hydrogen-bond acceptors (Lipinski definition) is 7. The minimum atomic E-state index is -1.13. The Hall–Kier alpha value is -2.85. The molecule has 3 rings (SSSR count). The number of anilines is 1. The van der Waals surface area contributed by atoms with Gasteiger partial charge in [-0.25, -0.2) is 14.5 Å². The number of carbonyl (C=O) groups excluding carboxylic acids is 1. The minimum Gasteiger partial charge on any atom is -0.478 e. The highest BCUT2D eigenvalue weighted by atomic mass is 32.2. The molecule has 1 aliphatic heterocycles. The second-order valence-electron chi connectivity index (χ2n) is 6.63. The van der Waals surface area contributed by atoms with Gasteiger partial charge in [0.05, 0.1) is 12.1 Å². The average Bonchev–Trinajstić information content (AvgIpc) is 2.94. The van der Waals surface area contributed by atoms with Crippen LogP contribution in [0.15, 0.2) is 45.5 Å². The van der Waals surface area contributed by atoms with E-state index in [9.17, 15) is 19.5 Å². The van der Waals surface area contributed by atoms with E-state index < -0.39 is 23.5 Å². The number of hydrogen-bond donors (Lipinski definition) is 2. The molecule has 3 heterocycles. The Morgan fingerprint density at radius 3 is 2.71 bits per heavy atom. The highest BCUT2D eigenvalue weighted by Crippen LogP contribution is 2.38. The van der Waals surface area contributed by atoms with Crippen LogP contribution >= 0.6 is 11.8 Å². The van der Waals surface area contributed by atoms with Crippen molar-refractivity contribution in [3.05, 3.63) is 51.6 Å². The van der Waals surface area contributed by atoms with Crippen molar-refractivity contribution in [2.24, 2.45) is 0 Å². The molecule has 9 nitrogen and oxygen atoms in total. The number of carboxylic acid groups (broad SMARTS) is 1. The summed E-state index contributed by atoms with van der Waals surface area (Å²) in [5.74, 6) is -1.23. The van der Waals surface area contributed by atoms with Gasteiger partial charge in [0.2, 0.25) is 0 Å². The van der Waals surface area contributed by atoms with Crippen molar-refractivity contribution in [2.75, 3.05) is 32.2 Å². The first-order valence-electron chi connectivity index (χ1n) is 8.48. The molecule has 1 aliphatic rings. The fourth-order valence-corrected chi connectivity index (χ4v) is 3.90. The zero-order valence-electron chi connectivity index (χ0n) is 16.0. The number of carboxylic acids is 1. The van der Waals surface area contributed by atoms with Crippen molar-refractivity contribution in [1.82, 2.24) is 19.2 Å². The standard InChI is InChI=1S/C18H21N5O4S/c1-10-15(18(26)27)16(11-6-5-7-19-17(11)28-4)22-12(20-10)8-13(24)23(22)14(25)9-21(2)3/h5-8,16,20H,9H2,1-4H3,(H,26,27). The molecular weight excluding hydrogens is 382 g/mol. The maximum Gasteiger partial charge on any atom is 0.335 e. The van der Waals surface area contributed by atoms with E-state index in [-0.39, 0.29) is 12.1 Å². The maximum absolute atomic E-state index is 12.8. The summed E-state index contributed by atoms with van der Waals surface area (Å²) in [4.78, 5) is 43.5. The van der Waals surface area contributed by atoms with Gasteiger partial charge in [0.1, 0.15) is 16.9 Å². The summed E-state index contributed by atoms with van der Waals surface area (Å²) in [7, 11) is 3.44. The van der Waals surface area contributed by atoms with Gasteiger partial charge in [0.25, 0.3) is 11.5 Å². The number of nitrogens with zero attached hydrogens (tertiary/aromatic N) is 4. The zero-order valence-corrected chi connectivity index (χ0v) is 16.8. The van der Waals surface area contributed by atoms with Crippen molar-refractivity contribution in [2.45, 2.75) is 18.0 Å². The molecule has 0 bridgehead atoms. The number of nitrogens with one attached hydrogen (secondary N) is 1. The number of aromatic nitrogens is 3. The normalized spacial score (nSPS) is 16.1. The van der Waals surface area contributed by atoms with Gasteiger partial charge in [0, 0.05) is 23.5 Å². The minimum absolute atomic E-state index is 0.00358. The lowest BCUT2D eigenvalue weighted by molar-refractivity contribution is -0.133. The molecule has 1 unspecified atom stereocenters. The first-order chi connectivity index (χ1) is 13.3. The molecule has 0 aromatic carbocycles. The van der Waals surface area contributed by atoms with Crippen LogP contribution in [-0.2, 0) is 4.79 Å². The lowest BCUT2D eigenvalue weighted by Gasteiger charge is -2.31. The Bertz CT molecular complexity index is 1040. The summed E-state index contributed by atoms with van der Waals surface area (Å²) in [6.45, 7) is 1.64. The average molecular weight is 403 g/mol. The van der Waals surface area contributed by atoms with Crippen LogP contribution in [0.3, 0.4) is 0 Å². The van der Waals surface area contributed by atoms with Crippen LogP contribution in [0.25, 0.3) is 0 Å².